The molecule has 1 fully saturated rings. The molecule has 0 aliphatic heterocycles. The van der Waals surface area contributed by atoms with E-state index >= 15 is 0 Å². The van der Waals surface area contributed by atoms with Crippen LogP contribution in [0.2, 0.25) is 5.02 Å². The lowest BCUT2D eigenvalue weighted by molar-refractivity contribution is -0.115. The van der Waals surface area contributed by atoms with E-state index in [1.54, 1.807) is 6.07 Å². The highest BCUT2D eigenvalue weighted by Crippen LogP contribution is 2.30. The predicted octanol–water partition coefficient (Wildman–Crippen LogP) is 3.47. The molecule has 1 aromatic carbocycles. The Morgan fingerprint density at radius 2 is 2.20 bits per heavy atom. The highest BCUT2D eigenvalue weighted by atomic mass is 35.5. The molecular weight excluding hydrogens is 215 g/mol. The molecule has 0 saturated heterocycles. The van der Waals surface area contributed by atoms with Gasteiger partial charge < -0.3 is 0 Å². The fourth-order valence-corrected chi connectivity index (χ4v) is 1.57. The van der Waals surface area contributed by atoms with Crippen molar-refractivity contribution in [3.63, 3.8) is 0 Å². The number of allylic oxidation sites excluding steroid dienone is 1. The van der Waals surface area contributed by atoms with Crippen molar-refractivity contribution < 1.29 is 9.18 Å². The van der Waals surface area contributed by atoms with Gasteiger partial charge >= 0.3 is 0 Å². The van der Waals surface area contributed by atoms with Gasteiger partial charge in [-0.2, -0.15) is 0 Å². The Kier molecular flexibility index (Phi) is 2.87. The molecular formula is C12H10ClFO. The standard InChI is InChI=1S/C12H10ClFO/c13-10-2-1-3-11(14)9(10)6-7-12(15)8-4-5-8/h1-3,6-8H,4-5H2/b7-6+. The third-order valence-electron chi connectivity index (χ3n) is 2.39. The monoisotopic (exact) mass is 224 g/mol. The maximum absolute atomic E-state index is 13.3. The largest absolute Gasteiger partial charge is 0.295 e. The fraction of sp³-hybridized carbons (Fsp3) is 0.250. The molecule has 78 valence electrons. The summed E-state index contributed by atoms with van der Waals surface area (Å²) < 4.78 is 13.3. The molecule has 3 heteroatoms. The Labute approximate surface area is 92.6 Å². The molecule has 1 aliphatic rings. The molecule has 0 heterocycles. The summed E-state index contributed by atoms with van der Waals surface area (Å²) >= 11 is 5.81. The van der Waals surface area contributed by atoms with Gasteiger partial charge in [-0.3, -0.25) is 4.79 Å². The van der Waals surface area contributed by atoms with Crippen molar-refractivity contribution in [3.05, 3.63) is 40.7 Å². The van der Waals surface area contributed by atoms with Crippen LogP contribution in [0.15, 0.2) is 24.3 Å². The normalized spacial score (nSPS) is 15.9. The summed E-state index contributed by atoms with van der Waals surface area (Å²) in [5, 5.41) is 0.329. The van der Waals surface area contributed by atoms with E-state index < -0.39 is 5.82 Å². The molecule has 1 saturated carbocycles. The zero-order chi connectivity index (χ0) is 10.8. The van der Waals surface area contributed by atoms with Crippen LogP contribution in [0.25, 0.3) is 6.08 Å². The Balaban J connectivity index is 2.19. The van der Waals surface area contributed by atoms with Gasteiger partial charge in [0.2, 0.25) is 0 Å². The van der Waals surface area contributed by atoms with Crippen LogP contribution in [0.5, 0.6) is 0 Å². The summed E-state index contributed by atoms with van der Waals surface area (Å²) in [7, 11) is 0. The molecule has 2 rings (SSSR count). The minimum atomic E-state index is -0.401. The maximum atomic E-state index is 13.3. The fourth-order valence-electron chi connectivity index (χ4n) is 1.34. The second kappa shape index (κ2) is 4.15. The molecule has 1 aliphatic carbocycles. The number of halogens is 2. The van der Waals surface area contributed by atoms with Gasteiger partial charge in [-0.15, -0.1) is 0 Å². The predicted molar refractivity (Wildman–Crippen MR) is 58.2 cm³/mol. The van der Waals surface area contributed by atoms with Crippen LogP contribution in [-0.4, -0.2) is 5.78 Å². The summed E-state index contributed by atoms with van der Waals surface area (Å²) in [6, 6.07) is 4.47. The van der Waals surface area contributed by atoms with Crippen molar-refractivity contribution in [3.8, 4) is 0 Å². The van der Waals surface area contributed by atoms with Crippen molar-refractivity contribution in [2.45, 2.75) is 12.8 Å². The van der Waals surface area contributed by atoms with Gasteiger partial charge in [-0.25, -0.2) is 4.39 Å². The first-order valence-corrected chi connectivity index (χ1v) is 5.22. The van der Waals surface area contributed by atoms with Crippen LogP contribution >= 0.6 is 11.6 Å². The van der Waals surface area contributed by atoms with E-state index in [0.29, 0.717) is 5.02 Å². The lowest BCUT2D eigenvalue weighted by atomic mass is 10.1. The third-order valence-corrected chi connectivity index (χ3v) is 2.72. The number of rotatable bonds is 3. The highest BCUT2D eigenvalue weighted by Gasteiger charge is 2.27. The van der Waals surface area contributed by atoms with E-state index in [9.17, 15) is 9.18 Å². The highest BCUT2D eigenvalue weighted by molar-refractivity contribution is 6.32. The summed E-state index contributed by atoms with van der Waals surface area (Å²) in [4.78, 5) is 11.3. The third kappa shape index (κ3) is 2.45. The Hall–Kier alpha value is -1.15. The van der Waals surface area contributed by atoms with Crippen molar-refractivity contribution in [2.75, 3.05) is 0 Å². The lowest BCUT2D eigenvalue weighted by Gasteiger charge is -1.98. The second-order valence-corrected chi connectivity index (χ2v) is 4.05. The summed E-state index contributed by atoms with van der Waals surface area (Å²) in [5.41, 5.74) is 0.285. The van der Waals surface area contributed by atoms with Gasteiger partial charge in [-0.05, 0) is 37.1 Å². The van der Waals surface area contributed by atoms with Crippen molar-refractivity contribution in [1.29, 1.82) is 0 Å². The van der Waals surface area contributed by atoms with Crippen LogP contribution in [-0.2, 0) is 4.79 Å². The van der Waals surface area contributed by atoms with E-state index in [4.69, 9.17) is 11.6 Å². The lowest BCUT2D eigenvalue weighted by Crippen LogP contribution is -1.94. The number of hydrogen-bond acceptors (Lipinski definition) is 1. The van der Waals surface area contributed by atoms with Gasteiger partial charge in [0.15, 0.2) is 5.78 Å². The van der Waals surface area contributed by atoms with E-state index in [0.717, 1.165) is 12.8 Å². The number of carbonyl (C=O) groups excluding carboxylic acids is 1. The first kappa shape index (κ1) is 10.4. The van der Waals surface area contributed by atoms with E-state index in [-0.39, 0.29) is 17.3 Å². The molecule has 0 aromatic heterocycles. The summed E-state index contributed by atoms with van der Waals surface area (Å²) in [6.07, 6.45) is 4.78. The van der Waals surface area contributed by atoms with Crippen LogP contribution in [0.3, 0.4) is 0 Å². The summed E-state index contributed by atoms with van der Waals surface area (Å²) in [6.45, 7) is 0. The molecule has 0 unspecified atom stereocenters. The number of hydrogen-bond donors (Lipinski definition) is 0. The molecule has 1 aromatic rings. The second-order valence-electron chi connectivity index (χ2n) is 3.65. The SMILES string of the molecule is O=C(/C=C/c1c(F)cccc1Cl)C1CC1. The van der Waals surface area contributed by atoms with E-state index in [1.807, 2.05) is 0 Å². The van der Waals surface area contributed by atoms with Crippen molar-refractivity contribution in [1.82, 2.24) is 0 Å². The van der Waals surface area contributed by atoms with Crippen molar-refractivity contribution in [2.24, 2.45) is 5.92 Å². The topological polar surface area (TPSA) is 17.1 Å². The van der Waals surface area contributed by atoms with Gasteiger partial charge in [0.05, 0.1) is 5.02 Å². The Bertz CT molecular complexity index is 401. The first-order chi connectivity index (χ1) is 7.18. The van der Waals surface area contributed by atoms with Gasteiger partial charge in [0.1, 0.15) is 5.82 Å². The average Bonchev–Trinajstić information content (AvgIpc) is 2.99. The molecule has 0 spiro atoms. The van der Waals surface area contributed by atoms with Gasteiger partial charge in [0, 0.05) is 11.5 Å². The average molecular weight is 225 g/mol. The minimum absolute atomic E-state index is 0.0642. The van der Waals surface area contributed by atoms with Crippen LogP contribution < -0.4 is 0 Å². The van der Waals surface area contributed by atoms with Crippen LogP contribution in [0.1, 0.15) is 18.4 Å². The smallest absolute Gasteiger partial charge is 0.158 e. The minimum Gasteiger partial charge on any atom is -0.295 e. The summed E-state index contributed by atoms with van der Waals surface area (Å²) in [5.74, 6) is -0.177. The molecule has 0 N–H and O–H groups in total. The number of carbonyl (C=O) groups is 1. The Morgan fingerprint density at radius 1 is 1.47 bits per heavy atom. The zero-order valence-electron chi connectivity index (χ0n) is 8.04. The van der Waals surface area contributed by atoms with E-state index in [2.05, 4.69) is 0 Å². The molecule has 0 atom stereocenters. The molecule has 1 nitrogen and oxygen atoms in total. The molecule has 0 radical (unpaired) electrons. The first-order valence-electron chi connectivity index (χ1n) is 4.84. The van der Waals surface area contributed by atoms with Gasteiger partial charge in [0.25, 0.3) is 0 Å². The number of benzene rings is 1. The van der Waals surface area contributed by atoms with Crippen molar-refractivity contribution >= 4 is 23.5 Å². The quantitative estimate of drug-likeness (QED) is 0.719. The molecule has 15 heavy (non-hydrogen) atoms. The molecule has 0 bridgehead atoms. The zero-order valence-corrected chi connectivity index (χ0v) is 8.80. The Morgan fingerprint density at radius 3 is 2.80 bits per heavy atom. The van der Waals surface area contributed by atoms with Crippen LogP contribution in [0, 0.1) is 11.7 Å². The number of ketones is 1. The van der Waals surface area contributed by atoms with E-state index in [1.165, 1.54) is 24.3 Å². The van der Waals surface area contributed by atoms with Crippen LogP contribution in [0.4, 0.5) is 4.39 Å². The molecule has 0 amide bonds. The maximum Gasteiger partial charge on any atom is 0.158 e. The van der Waals surface area contributed by atoms with Gasteiger partial charge in [-0.1, -0.05) is 17.7 Å².